The van der Waals surface area contributed by atoms with Gasteiger partial charge in [-0.3, -0.25) is 9.69 Å². The maximum Gasteiger partial charge on any atom is 0.251 e. The second-order valence-corrected chi connectivity index (χ2v) is 5.17. The number of benzene rings is 1. The zero-order valence-electron chi connectivity index (χ0n) is 12.5. The van der Waals surface area contributed by atoms with Gasteiger partial charge in [-0.05, 0) is 25.1 Å². The number of aromatic hydroxyl groups is 1. The average Bonchev–Trinajstić information content (AvgIpc) is 2.48. The number of hydrogen-bond acceptors (Lipinski definition) is 5. The first-order valence-electron chi connectivity index (χ1n) is 7.08. The summed E-state index contributed by atoms with van der Waals surface area (Å²) in [6, 6.07) is 4.65. The lowest BCUT2D eigenvalue weighted by Gasteiger charge is -2.29. The van der Waals surface area contributed by atoms with E-state index in [0.29, 0.717) is 11.3 Å². The van der Waals surface area contributed by atoms with Gasteiger partial charge in [-0.25, -0.2) is 0 Å². The fourth-order valence-electron chi connectivity index (χ4n) is 2.36. The molecule has 1 fully saturated rings. The predicted molar refractivity (Wildman–Crippen MR) is 78.8 cm³/mol. The minimum Gasteiger partial charge on any atom is -0.504 e. The molecule has 116 valence electrons. The van der Waals surface area contributed by atoms with Crippen molar-refractivity contribution in [3.05, 3.63) is 23.8 Å². The molecule has 21 heavy (non-hydrogen) atoms. The Morgan fingerprint density at radius 1 is 1.48 bits per heavy atom. The summed E-state index contributed by atoms with van der Waals surface area (Å²) in [5.74, 6) is 0.118. The van der Waals surface area contributed by atoms with Crippen LogP contribution in [0.15, 0.2) is 18.2 Å². The van der Waals surface area contributed by atoms with E-state index in [9.17, 15) is 9.90 Å². The van der Waals surface area contributed by atoms with Crippen molar-refractivity contribution < 1.29 is 19.4 Å². The number of nitrogens with one attached hydrogen (secondary N) is 1. The summed E-state index contributed by atoms with van der Waals surface area (Å²) in [6.07, 6.45) is 0. The Hall–Kier alpha value is -1.79. The molecule has 0 radical (unpaired) electrons. The van der Waals surface area contributed by atoms with Gasteiger partial charge < -0.3 is 19.9 Å². The van der Waals surface area contributed by atoms with E-state index in [-0.39, 0.29) is 17.7 Å². The monoisotopic (exact) mass is 294 g/mol. The standard InChI is InChI=1S/C15H22N2O4/c1-11(10-17-5-7-21-8-6-17)16-15(19)12-3-4-14(20-2)13(18)9-12/h3-4,9,11,18H,5-8,10H2,1-2H3,(H,16,19). The maximum absolute atomic E-state index is 12.1. The Bertz CT molecular complexity index is 487. The van der Waals surface area contributed by atoms with E-state index in [1.165, 1.54) is 13.2 Å². The van der Waals surface area contributed by atoms with Gasteiger partial charge in [-0.15, -0.1) is 0 Å². The first-order valence-corrected chi connectivity index (χ1v) is 7.08. The minimum atomic E-state index is -0.200. The third kappa shape index (κ3) is 4.34. The van der Waals surface area contributed by atoms with Crippen LogP contribution in [-0.4, -0.2) is 61.9 Å². The molecule has 0 bridgehead atoms. The summed E-state index contributed by atoms with van der Waals surface area (Å²) in [5.41, 5.74) is 0.419. The third-order valence-electron chi connectivity index (χ3n) is 3.45. The van der Waals surface area contributed by atoms with Crippen LogP contribution >= 0.6 is 0 Å². The molecule has 1 aromatic rings. The summed E-state index contributed by atoms with van der Waals surface area (Å²) in [7, 11) is 1.47. The van der Waals surface area contributed by atoms with Gasteiger partial charge in [-0.1, -0.05) is 0 Å². The number of ether oxygens (including phenoxy) is 2. The van der Waals surface area contributed by atoms with E-state index < -0.39 is 0 Å². The Morgan fingerprint density at radius 3 is 2.81 bits per heavy atom. The molecule has 0 saturated carbocycles. The van der Waals surface area contributed by atoms with Gasteiger partial charge in [0.05, 0.1) is 20.3 Å². The van der Waals surface area contributed by atoms with Gasteiger partial charge >= 0.3 is 0 Å². The molecule has 1 heterocycles. The SMILES string of the molecule is COc1ccc(C(=O)NC(C)CN2CCOCC2)cc1O. The molecule has 1 saturated heterocycles. The second kappa shape index (κ2) is 7.28. The number of rotatable bonds is 5. The fraction of sp³-hybridized carbons (Fsp3) is 0.533. The molecule has 1 amide bonds. The lowest BCUT2D eigenvalue weighted by atomic mass is 10.1. The maximum atomic E-state index is 12.1. The molecule has 0 aliphatic carbocycles. The number of phenols is 1. The van der Waals surface area contributed by atoms with Gasteiger partial charge in [0.25, 0.3) is 5.91 Å². The average molecular weight is 294 g/mol. The van der Waals surface area contributed by atoms with Crippen LogP contribution < -0.4 is 10.1 Å². The Labute approximate surface area is 124 Å². The highest BCUT2D eigenvalue weighted by molar-refractivity contribution is 5.95. The fourth-order valence-corrected chi connectivity index (χ4v) is 2.36. The van der Waals surface area contributed by atoms with E-state index >= 15 is 0 Å². The van der Waals surface area contributed by atoms with Gasteiger partial charge in [0.1, 0.15) is 0 Å². The first kappa shape index (κ1) is 15.6. The zero-order chi connectivity index (χ0) is 15.2. The van der Waals surface area contributed by atoms with Crippen molar-refractivity contribution in [3.63, 3.8) is 0 Å². The van der Waals surface area contributed by atoms with E-state index in [4.69, 9.17) is 9.47 Å². The van der Waals surface area contributed by atoms with Crippen molar-refractivity contribution in [3.8, 4) is 11.5 Å². The molecule has 1 aliphatic rings. The predicted octanol–water partition coefficient (Wildman–Crippen LogP) is 0.851. The molecule has 6 heteroatoms. The van der Waals surface area contributed by atoms with Crippen LogP contribution in [0.4, 0.5) is 0 Å². The Balaban J connectivity index is 1.89. The lowest BCUT2D eigenvalue weighted by Crippen LogP contribution is -2.46. The van der Waals surface area contributed by atoms with Crippen molar-refractivity contribution in [2.24, 2.45) is 0 Å². The molecule has 1 aliphatic heterocycles. The van der Waals surface area contributed by atoms with Crippen molar-refractivity contribution in [2.45, 2.75) is 13.0 Å². The highest BCUT2D eigenvalue weighted by Gasteiger charge is 2.16. The Morgan fingerprint density at radius 2 is 2.19 bits per heavy atom. The number of nitrogens with zero attached hydrogens (tertiary/aromatic N) is 1. The van der Waals surface area contributed by atoms with Crippen molar-refractivity contribution in [2.75, 3.05) is 40.0 Å². The molecule has 6 nitrogen and oxygen atoms in total. The topological polar surface area (TPSA) is 71.0 Å². The Kier molecular flexibility index (Phi) is 5.41. The molecule has 0 aromatic heterocycles. The molecule has 1 unspecified atom stereocenters. The van der Waals surface area contributed by atoms with Crippen LogP contribution in [0.3, 0.4) is 0 Å². The van der Waals surface area contributed by atoms with Crippen LogP contribution in [-0.2, 0) is 4.74 Å². The number of morpholine rings is 1. The molecule has 2 N–H and O–H groups in total. The van der Waals surface area contributed by atoms with Crippen LogP contribution in [0, 0.1) is 0 Å². The largest absolute Gasteiger partial charge is 0.504 e. The number of carbonyl (C=O) groups is 1. The molecule has 1 aromatic carbocycles. The van der Waals surface area contributed by atoms with Gasteiger partial charge in [0.15, 0.2) is 11.5 Å². The van der Waals surface area contributed by atoms with E-state index in [1.807, 2.05) is 6.92 Å². The van der Waals surface area contributed by atoms with Crippen LogP contribution in [0.2, 0.25) is 0 Å². The molecule has 0 spiro atoms. The van der Waals surface area contributed by atoms with Crippen LogP contribution in [0.25, 0.3) is 0 Å². The van der Waals surface area contributed by atoms with E-state index in [2.05, 4.69) is 10.2 Å². The molecule has 1 atom stereocenters. The van der Waals surface area contributed by atoms with Crippen molar-refractivity contribution in [1.82, 2.24) is 10.2 Å². The van der Waals surface area contributed by atoms with Crippen molar-refractivity contribution in [1.29, 1.82) is 0 Å². The number of phenolic OH excluding ortho intramolecular Hbond substituents is 1. The summed E-state index contributed by atoms with van der Waals surface area (Å²) in [5, 5.41) is 12.6. The smallest absolute Gasteiger partial charge is 0.251 e. The summed E-state index contributed by atoms with van der Waals surface area (Å²) >= 11 is 0. The minimum absolute atomic E-state index is 0.0276. The van der Waals surface area contributed by atoms with E-state index in [0.717, 1.165) is 32.8 Å². The normalized spacial score (nSPS) is 17.2. The summed E-state index contributed by atoms with van der Waals surface area (Å²) < 4.78 is 10.3. The zero-order valence-corrected chi connectivity index (χ0v) is 12.5. The van der Waals surface area contributed by atoms with Crippen LogP contribution in [0.5, 0.6) is 11.5 Å². The third-order valence-corrected chi connectivity index (χ3v) is 3.45. The summed E-state index contributed by atoms with van der Waals surface area (Å²) in [6.45, 7) is 6.03. The second-order valence-electron chi connectivity index (χ2n) is 5.17. The van der Waals surface area contributed by atoms with Gasteiger partial charge in [0, 0.05) is 31.2 Å². The lowest BCUT2D eigenvalue weighted by molar-refractivity contribution is 0.0342. The first-order chi connectivity index (χ1) is 10.1. The number of amides is 1. The number of methoxy groups -OCH3 is 1. The highest BCUT2D eigenvalue weighted by atomic mass is 16.5. The van der Waals surface area contributed by atoms with E-state index in [1.54, 1.807) is 12.1 Å². The van der Waals surface area contributed by atoms with Gasteiger partial charge in [0.2, 0.25) is 0 Å². The quantitative estimate of drug-likeness (QED) is 0.842. The van der Waals surface area contributed by atoms with Crippen molar-refractivity contribution >= 4 is 5.91 Å². The molecular weight excluding hydrogens is 272 g/mol. The molecular formula is C15H22N2O4. The van der Waals surface area contributed by atoms with Crippen LogP contribution in [0.1, 0.15) is 17.3 Å². The molecule has 2 rings (SSSR count). The number of carbonyl (C=O) groups excluding carboxylic acids is 1. The van der Waals surface area contributed by atoms with Gasteiger partial charge in [-0.2, -0.15) is 0 Å². The number of hydrogen-bond donors (Lipinski definition) is 2. The summed E-state index contributed by atoms with van der Waals surface area (Å²) in [4.78, 5) is 14.4. The highest BCUT2D eigenvalue weighted by Crippen LogP contribution is 2.26.